The second-order valence-electron chi connectivity index (χ2n) is 8.11. The molecular weight excluding hydrogens is 728 g/mol. The molecule has 0 saturated heterocycles. The first-order valence-electron chi connectivity index (χ1n) is 10.2. The van der Waals surface area contributed by atoms with Gasteiger partial charge in [-0.25, -0.2) is 33.7 Å². The molecule has 0 aliphatic carbocycles. The summed E-state index contributed by atoms with van der Waals surface area (Å²) in [5.41, 5.74) is -1.96. The normalized spacial score (nSPS) is 12.2. The monoisotopic (exact) mass is 738 g/mol. The van der Waals surface area contributed by atoms with Crippen LogP contribution in [0, 0.1) is 0 Å². The predicted octanol–water partition coefficient (Wildman–Crippen LogP) is -10.8. The topological polar surface area (TPSA) is 314 Å². The van der Waals surface area contributed by atoms with Crippen LogP contribution in [0.4, 0.5) is 11.4 Å². The number of phenolic OH excluding ortho intramolecular Hbond substituents is 3. The van der Waals surface area contributed by atoms with Gasteiger partial charge in [0, 0.05) is 0 Å². The molecule has 0 fully saturated rings. The Morgan fingerprint density at radius 3 is 1.27 bits per heavy atom. The molecule has 0 aliphatic heterocycles. The number of phenols is 3. The average molecular weight is 739 g/mol. The van der Waals surface area contributed by atoms with Gasteiger partial charge in [0.25, 0.3) is 0 Å². The van der Waals surface area contributed by atoms with Crippen molar-refractivity contribution in [2.24, 2.45) is 10.2 Å². The molecule has 0 unspecified atom stereocenters. The molecule has 0 radical (unpaired) electrons. The molecular formula is C20H10N2Na4O15S4. The number of azo groups is 1. The van der Waals surface area contributed by atoms with Crippen LogP contribution in [0.25, 0.3) is 21.5 Å². The fourth-order valence-corrected chi connectivity index (χ4v) is 5.99. The maximum Gasteiger partial charge on any atom is 1.00 e. The predicted molar refractivity (Wildman–Crippen MR) is 129 cm³/mol. The molecule has 4 aromatic rings. The zero-order valence-corrected chi connectivity index (χ0v) is 34.6. The molecule has 218 valence electrons. The molecule has 0 heterocycles. The van der Waals surface area contributed by atoms with Crippen LogP contribution in [-0.2, 0) is 40.5 Å². The summed E-state index contributed by atoms with van der Waals surface area (Å²) in [4.78, 5) is -4.54. The summed E-state index contributed by atoms with van der Waals surface area (Å²) in [5.74, 6) is -3.35. The number of fused-ring (bicyclic) bond motifs is 2. The fraction of sp³-hybridized carbons (Fsp3) is 0. The van der Waals surface area contributed by atoms with Gasteiger partial charge < -0.3 is 33.5 Å². The van der Waals surface area contributed by atoms with Gasteiger partial charge in [0.05, 0.1) is 36.0 Å². The van der Waals surface area contributed by atoms with Crippen molar-refractivity contribution >= 4 is 73.4 Å². The average Bonchev–Trinajstić information content (AvgIpc) is 2.80. The van der Waals surface area contributed by atoms with Gasteiger partial charge >= 0.3 is 118 Å². The number of benzene rings is 4. The van der Waals surface area contributed by atoms with Gasteiger partial charge in [0.1, 0.15) is 57.7 Å². The summed E-state index contributed by atoms with van der Waals surface area (Å²) in [6.45, 7) is 0. The number of rotatable bonds is 6. The molecule has 45 heavy (non-hydrogen) atoms. The summed E-state index contributed by atoms with van der Waals surface area (Å²) < 4.78 is 139. The van der Waals surface area contributed by atoms with E-state index < -0.39 is 110 Å². The number of hydrogen-bond acceptors (Lipinski definition) is 17. The molecule has 0 saturated carbocycles. The Morgan fingerprint density at radius 2 is 0.867 bits per heavy atom. The van der Waals surface area contributed by atoms with E-state index in [1.54, 1.807) is 0 Å². The van der Waals surface area contributed by atoms with E-state index >= 15 is 0 Å². The van der Waals surface area contributed by atoms with Crippen molar-refractivity contribution in [3.05, 3.63) is 42.5 Å². The number of nitrogens with zero attached hydrogens (tertiary/aromatic N) is 2. The quantitative estimate of drug-likeness (QED) is 0.0940. The first-order chi connectivity index (χ1) is 18.6. The molecule has 0 atom stereocenters. The Balaban J connectivity index is 0.00000484. The molecule has 4 aromatic carbocycles. The second-order valence-corrected chi connectivity index (χ2v) is 13.6. The van der Waals surface area contributed by atoms with E-state index in [1.165, 1.54) is 0 Å². The molecule has 0 aromatic heterocycles. The zero-order chi connectivity index (χ0) is 30.9. The summed E-state index contributed by atoms with van der Waals surface area (Å²) in [6, 6.07) is 3.54. The summed E-state index contributed by atoms with van der Waals surface area (Å²) in [7, 11) is -21.3. The van der Waals surface area contributed by atoms with E-state index in [9.17, 15) is 67.2 Å². The Morgan fingerprint density at radius 1 is 0.489 bits per heavy atom. The first kappa shape index (κ1) is 45.0. The smallest absolute Gasteiger partial charge is 0.744 e. The maximum absolute atomic E-state index is 12.0. The van der Waals surface area contributed by atoms with Crippen LogP contribution in [0.1, 0.15) is 0 Å². The van der Waals surface area contributed by atoms with Crippen molar-refractivity contribution in [1.29, 1.82) is 0 Å². The van der Waals surface area contributed by atoms with Crippen LogP contribution < -0.4 is 118 Å². The third-order valence-electron chi connectivity index (χ3n) is 5.45. The minimum Gasteiger partial charge on any atom is -0.744 e. The molecule has 0 amide bonds. The molecule has 0 aliphatic rings. The fourth-order valence-electron chi connectivity index (χ4n) is 3.76. The Hall–Kier alpha value is 0.0400. The zero-order valence-electron chi connectivity index (χ0n) is 23.3. The Labute approximate surface area is 343 Å². The van der Waals surface area contributed by atoms with Gasteiger partial charge in [0.2, 0.25) is 0 Å². The minimum absolute atomic E-state index is 0. The van der Waals surface area contributed by atoms with Crippen molar-refractivity contribution in [3.8, 4) is 17.2 Å². The van der Waals surface area contributed by atoms with Crippen LogP contribution in [0.5, 0.6) is 17.2 Å². The van der Waals surface area contributed by atoms with E-state index in [4.69, 9.17) is 0 Å². The second kappa shape index (κ2) is 15.7. The number of hydrogen-bond donors (Lipinski definition) is 3. The maximum atomic E-state index is 12.0. The van der Waals surface area contributed by atoms with Crippen LogP contribution in [0.3, 0.4) is 0 Å². The van der Waals surface area contributed by atoms with Gasteiger partial charge in [-0.05, 0) is 53.2 Å². The van der Waals surface area contributed by atoms with Crippen molar-refractivity contribution < 1.29 is 185 Å². The van der Waals surface area contributed by atoms with Crippen LogP contribution in [0.15, 0.2) is 72.3 Å². The van der Waals surface area contributed by atoms with Crippen LogP contribution >= 0.6 is 0 Å². The largest absolute Gasteiger partial charge is 1.00 e. The molecule has 0 bridgehead atoms. The Bertz CT molecular complexity index is 2290. The van der Waals surface area contributed by atoms with Gasteiger partial charge in [-0.15, -0.1) is 10.2 Å². The van der Waals surface area contributed by atoms with Crippen molar-refractivity contribution in [3.63, 3.8) is 0 Å². The molecule has 3 N–H and O–H groups in total. The molecule has 4 rings (SSSR count). The summed E-state index contributed by atoms with van der Waals surface area (Å²) >= 11 is 0. The van der Waals surface area contributed by atoms with Crippen molar-refractivity contribution in [2.75, 3.05) is 0 Å². The van der Waals surface area contributed by atoms with Gasteiger partial charge in [-0.2, -0.15) is 0 Å². The van der Waals surface area contributed by atoms with Crippen LogP contribution in [0.2, 0.25) is 0 Å². The van der Waals surface area contributed by atoms with E-state index in [2.05, 4.69) is 10.2 Å². The third kappa shape index (κ3) is 9.82. The SMILES string of the molecule is O=S(=O)([O-])c1cc(O)c2c(N=Nc3c(S(=O)(=O)[O-])cc4cc(S(=O)(=O)[O-])cc(O)c4c3O)cc(S(=O)(=O)[O-])cc2c1.[Na+].[Na+].[Na+].[Na+]. The van der Waals surface area contributed by atoms with Gasteiger partial charge in [-0.1, -0.05) is 0 Å². The molecule has 0 spiro atoms. The summed E-state index contributed by atoms with van der Waals surface area (Å²) in [5, 5.41) is 35.8. The minimum atomic E-state index is -5.59. The van der Waals surface area contributed by atoms with E-state index in [-0.39, 0.29) is 118 Å². The third-order valence-corrected chi connectivity index (χ3v) is 8.74. The summed E-state index contributed by atoms with van der Waals surface area (Å²) in [6.07, 6.45) is 0. The first-order valence-corrected chi connectivity index (χ1v) is 15.8. The standard InChI is InChI=1S/C20H14N2O15S4.4Na/c23-14-6-11(39(29,30)31)2-8-1-10(38(26,27)28)5-13(17(8)14)21-22-19-16(41(35,36)37)4-9-3-12(40(32,33)34)7-15(24)18(9)20(19)25;;;;/h1-7,23-25H,(H,26,27,28)(H,29,30,31)(H,32,33,34)(H,35,36,37);;;;/q;4*+1/p-4. The van der Waals surface area contributed by atoms with Crippen LogP contribution in [-0.4, -0.2) is 67.2 Å². The van der Waals surface area contributed by atoms with Gasteiger partial charge in [-0.3, -0.25) is 0 Å². The van der Waals surface area contributed by atoms with E-state index in [0.717, 1.165) is 0 Å². The van der Waals surface area contributed by atoms with Crippen molar-refractivity contribution in [1.82, 2.24) is 0 Å². The van der Waals surface area contributed by atoms with Crippen molar-refractivity contribution in [2.45, 2.75) is 19.6 Å². The van der Waals surface area contributed by atoms with E-state index in [0.29, 0.717) is 42.5 Å². The molecule has 17 nitrogen and oxygen atoms in total. The van der Waals surface area contributed by atoms with Gasteiger partial charge in [0.15, 0.2) is 5.75 Å². The number of aromatic hydroxyl groups is 3. The molecule has 25 heteroatoms. The van der Waals surface area contributed by atoms with E-state index in [1.807, 2.05) is 0 Å². The Kier molecular flexibility index (Phi) is 15.7.